The number of carbonyl (C=O) groups is 1. The number of halogens is 3. The summed E-state index contributed by atoms with van der Waals surface area (Å²) in [5, 5.41) is 3.97. The van der Waals surface area contributed by atoms with Gasteiger partial charge < -0.3 is 14.2 Å². The third-order valence-electron chi connectivity index (χ3n) is 4.92. The maximum Gasteiger partial charge on any atom is 0.573 e. The fourth-order valence-electron chi connectivity index (χ4n) is 3.36. The Labute approximate surface area is 170 Å². The second-order valence-corrected chi connectivity index (χ2v) is 6.96. The number of rotatable bonds is 5. The molecule has 1 amide bonds. The quantitative estimate of drug-likeness (QED) is 0.601. The van der Waals surface area contributed by atoms with E-state index in [1.807, 2.05) is 24.3 Å². The Balaban J connectivity index is 1.47. The van der Waals surface area contributed by atoms with E-state index in [2.05, 4.69) is 21.8 Å². The minimum atomic E-state index is -4.75. The van der Waals surface area contributed by atoms with E-state index >= 15 is 0 Å². The van der Waals surface area contributed by atoms with Crippen molar-refractivity contribution in [2.45, 2.75) is 32.0 Å². The Bertz CT molecular complexity index is 1030. The molecule has 9 heteroatoms. The number of alkyl halides is 3. The van der Waals surface area contributed by atoms with E-state index in [1.165, 1.54) is 29.8 Å². The SMILES string of the molecule is CCc1ccc(N2CC(c3noc(-c4ccc(OC(F)(F)F)cc4)n3)CC2=O)cc1. The molecule has 1 atom stereocenters. The van der Waals surface area contributed by atoms with Crippen LogP contribution in [0.15, 0.2) is 53.1 Å². The smallest absolute Gasteiger partial charge is 0.406 e. The monoisotopic (exact) mass is 417 g/mol. The summed E-state index contributed by atoms with van der Waals surface area (Å²) in [7, 11) is 0. The van der Waals surface area contributed by atoms with Gasteiger partial charge in [0, 0.05) is 30.1 Å². The maximum absolute atomic E-state index is 12.5. The Morgan fingerprint density at radius 3 is 2.47 bits per heavy atom. The molecule has 0 aliphatic carbocycles. The van der Waals surface area contributed by atoms with Crippen molar-refractivity contribution in [3.05, 3.63) is 59.9 Å². The number of nitrogens with zero attached hydrogens (tertiary/aromatic N) is 3. The van der Waals surface area contributed by atoms with Gasteiger partial charge in [0.05, 0.1) is 0 Å². The van der Waals surface area contributed by atoms with E-state index in [0.29, 0.717) is 17.9 Å². The number of amides is 1. The van der Waals surface area contributed by atoms with E-state index in [-0.39, 0.29) is 29.9 Å². The first kappa shape index (κ1) is 19.9. The lowest BCUT2D eigenvalue weighted by molar-refractivity contribution is -0.274. The summed E-state index contributed by atoms with van der Waals surface area (Å²) in [4.78, 5) is 18.5. The Kier molecular flexibility index (Phi) is 5.19. The molecular formula is C21H18F3N3O3. The van der Waals surface area contributed by atoms with Gasteiger partial charge in [0.25, 0.3) is 5.89 Å². The van der Waals surface area contributed by atoms with E-state index in [4.69, 9.17) is 4.52 Å². The summed E-state index contributed by atoms with van der Waals surface area (Å²) < 4.78 is 45.9. The molecule has 2 heterocycles. The molecule has 1 unspecified atom stereocenters. The summed E-state index contributed by atoms with van der Waals surface area (Å²) >= 11 is 0. The summed E-state index contributed by atoms with van der Waals surface area (Å²) in [6.45, 7) is 2.50. The van der Waals surface area contributed by atoms with E-state index in [0.717, 1.165) is 12.1 Å². The average molecular weight is 417 g/mol. The number of anilines is 1. The van der Waals surface area contributed by atoms with Crippen molar-refractivity contribution in [1.29, 1.82) is 0 Å². The standard InChI is InChI=1S/C21H18F3N3O3/c1-2-13-3-7-16(8-4-13)27-12-15(11-18(27)28)19-25-20(30-26-19)14-5-9-17(10-6-14)29-21(22,23)24/h3-10,15H,2,11-12H2,1H3. The van der Waals surface area contributed by atoms with Gasteiger partial charge in [0.15, 0.2) is 5.82 Å². The Hall–Kier alpha value is -3.36. The van der Waals surface area contributed by atoms with Crippen LogP contribution in [-0.2, 0) is 11.2 Å². The fourth-order valence-corrected chi connectivity index (χ4v) is 3.36. The molecule has 4 rings (SSSR count). The lowest BCUT2D eigenvalue weighted by Crippen LogP contribution is -2.24. The summed E-state index contributed by atoms with van der Waals surface area (Å²) in [6, 6.07) is 13.0. The predicted molar refractivity (Wildman–Crippen MR) is 102 cm³/mol. The molecule has 0 N–H and O–H groups in total. The molecule has 1 saturated heterocycles. The summed E-state index contributed by atoms with van der Waals surface area (Å²) in [5.41, 5.74) is 2.47. The first-order valence-electron chi connectivity index (χ1n) is 9.41. The molecule has 1 aliphatic heterocycles. The van der Waals surface area contributed by atoms with Gasteiger partial charge in [-0.1, -0.05) is 24.2 Å². The number of carbonyl (C=O) groups excluding carboxylic acids is 1. The average Bonchev–Trinajstić information content (AvgIpc) is 3.34. The molecule has 0 radical (unpaired) electrons. The van der Waals surface area contributed by atoms with Gasteiger partial charge in [-0.15, -0.1) is 13.2 Å². The molecule has 0 spiro atoms. The van der Waals surface area contributed by atoms with Gasteiger partial charge >= 0.3 is 6.36 Å². The van der Waals surface area contributed by atoms with Crippen LogP contribution in [0.1, 0.15) is 30.7 Å². The zero-order valence-electron chi connectivity index (χ0n) is 16.0. The van der Waals surface area contributed by atoms with Crippen LogP contribution in [0.3, 0.4) is 0 Å². The maximum atomic E-state index is 12.5. The van der Waals surface area contributed by atoms with Crippen molar-refractivity contribution in [2.24, 2.45) is 0 Å². The predicted octanol–water partition coefficient (Wildman–Crippen LogP) is 4.72. The summed E-state index contributed by atoms with van der Waals surface area (Å²) in [6.07, 6.45) is -3.57. The van der Waals surface area contributed by atoms with Gasteiger partial charge in [-0.2, -0.15) is 4.98 Å². The number of hydrogen-bond acceptors (Lipinski definition) is 5. The fraction of sp³-hybridized carbons (Fsp3) is 0.286. The molecular weight excluding hydrogens is 399 g/mol. The topological polar surface area (TPSA) is 68.5 Å². The van der Waals surface area contributed by atoms with Crippen molar-refractivity contribution in [1.82, 2.24) is 10.1 Å². The third-order valence-corrected chi connectivity index (χ3v) is 4.92. The van der Waals surface area contributed by atoms with Crippen LogP contribution < -0.4 is 9.64 Å². The van der Waals surface area contributed by atoms with Gasteiger partial charge in [-0.05, 0) is 48.4 Å². The highest BCUT2D eigenvalue weighted by Crippen LogP contribution is 2.32. The van der Waals surface area contributed by atoms with Crippen molar-refractivity contribution < 1.29 is 27.2 Å². The van der Waals surface area contributed by atoms with Crippen molar-refractivity contribution in [3.63, 3.8) is 0 Å². The first-order chi connectivity index (χ1) is 14.3. The molecule has 1 aliphatic rings. The van der Waals surface area contributed by atoms with Crippen molar-refractivity contribution in [2.75, 3.05) is 11.4 Å². The van der Waals surface area contributed by atoms with Crippen LogP contribution in [-0.4, -0.2) is 29.0 Å². The van der Waals surface area contributed by atoms with Crippen LogP contribution in [0.5, 0.6) is 5.75 Å². The highest BCUT2D eigenvalue weighted by molar-refractivity contribution is 5.96. The largest absolute Gasteiger partial charge is 0.573 e. The Morgan fingerprint density at radius 1 is 1.13 bits per heavy atom. The molecule has 156 valence electrons. The lowest BCUT2D eigenvalue weighted by Gasteiger charge is -2.16. The number of hydrogen-bond donors (Lipinski definition) is 0. The van der Waals surface area contributed by atoms with Crippen LogP contribution in [0.25, 0.3) is 11.5 Å². The van der Waals surface area contributed by atoms with Gasteiger partial charge in [-0.3, -0.25) is 4.79 Å². The number of aromatic nitrogens is 2. The van der Waals surface area contributed by atoms with Crippen LogP contribution in [0.4, 0.5) is 18.9 Å². The van der Waals surface area contributed by atoms with E-state index < -0.39 is 6.36 Å². The minimum Gasteiger partial charge on any atom is -0.406 e. The van der Waals surface area contributed by atoms with Gasteiger partial charge in [0.2, 0.25) is 5.91 Å². The number of ether oxygens (including phenoxy) is 1. The highest BCUT2D eigenvalue weighted by Gasteiger charge is 2.35. The van der Waals surface area contributed by atoms with Crippen LogP contribution in [0.2, 0.25) is 0 Å². The van der Waals surface area contributed by atoms with Crippen LogP contribution in [0, 0.1) is 0 Å². The molecule has 0 saturated carbocycles. The van der Waals surface area contributed by atoms with Gasteiger partial charge in [-0.25, -0.2) is 0 Å². The second kappa shape index (κ2) is 7.81. The number of benzene rings is 2. The normalized spacial score (nSPS) is 16.9. The Morgan fingerprint density at radius 2 is 1.83 bits per heavy atom. The first-order valence-corrected chi connectivity index (χ1v) is 9.41. The molecule has 3 aromatic rings. The minimum absolute atomic E-state index is 0.0238. The van der Waals surface area contributed by atoms with E-state index in [9.17, 15) is 18.0 Å². The third kappa shape index (κ3) is 4.29. The van der Waals surface area contributed by atoms with Crippen molar-refractivity contribution in [3.8, 4) is 17.2 Å². The molecule has 1 aromatic heterocycles. The van der Waals surface area contributed by atoms with Crippen molar-refractivity contribution >= 4 is 11.6 Å². The zero-order chi connectivity index (χ0) is 21.3. The molecule has 2 aromatic carbocycles. The molecule has 30 heavy (non-hydrogen) atoms. The van der Waals surface area contributed by atoms with E-state index in [1.54, 1.807) is 4.90 Å². The van der Waals surface area contributed by atoms with Gasteiger partial charge in [0.1, 0.15) is 5.75 Å². The number of aryl methyl sites for hydroxylation is 1. The zero-order valence-corrected chi connectivity index (χ0v) is 16.0. The highest BCUT2D eigenvalue weighted by atomic mass is 19.4. The second-order valence-electron chi connectivity index (χ2n) is 6.96. The molecule has 0 bridgehead atoms. The molecule has 6 nitrogen and oxygen atoms in total. The van der Waals surface area contributed by atoms with Crippen LogP contribution >= 0.6 is 0 Å². The lowest BCUT2D eigenvalue weighted by atomic mass is 10.1. The summed E-state index contributed by atoms with van der Waals surface area (Å²) in [5.74, 6) is -0.0292. The molecule has 1 fully saturated rings.